The molecule has 0 radical (unpaired) electrons. The maximum atomic E-state index is 12.1. The van der Waals surface area contributed by atoms with Gasteiger partial charge in [0.05, 0.1) is 6.07 Å². The zero-order valence-electron chi connectivity index (χ0n) is 12.4. The van der Waals surface area contributed by atoms with E-state index in [-0.39, 0.29) is 11.9 Å². The van der Waals surface area contributed by atoms with Crippen LogP contribution in [0.4, 0.5) is 0 Å². The topological polar surface area (TPSA) is 60.7 Å². The second kappa shape index (κ2) is 6.74. The molecule has 0 aromatic heterocycles. The number of halogens is 1. The number of carbonyl (C=O) groups excluding carboxylic acids is 1. The van der Waals surface area contributed by atoms with Crippen LogP contribution in [-0.4, -0.2) is 29.9 Å². The van der Waals surface area contributed by atoms with Gasteiger partial charge >= 0.3 is 0 Å². The Morgan fingerprint density at radius 2 is 2.00 bits per heavy atom. The summed E-state index contributed by atoms with van der Waals surface area (Å²) in [6.45, 7) is 5.80. The lowest BCUT2D eigenvalue weighted by Crippen LogP contribution is -2.87. The second-order valence-electron chi connectivity index (χ2n) is 5.40. The Hall–Kier alpha value is -1.57. The maximum absolute atomic E-state index is 12.1. The van der Waals surface area contributed by atoms with E-state index < -0.39 is 5.54 Å². The first-order valence-electron chi connectivity index (χ1n) is 6.54. The van der Waals surface area contributed by atoms with Crippen LogP contribution in [0.25, 0.3) is 0 Å². The molecule has 0 bridgehead atoms. The molecule has 0 aliphatic carbocycles. The van der Waals surface area contributed by atoms with Crippen molar-refractivity contribution in [3.63, 3.8) is 0 Å². The van der Waals surface area contributed by atoms with E-state index in [4.69, 9.17) is 16.9 Å². The van der Waals surface area contributed by atoms with Crippen molar-refractivity contribution in [1.29, 1.82) is 5.26 Å². The number of quaternary nitrogens is 1. The smallest absolute Gasteiger partial charge is 0.278 e. The molecule has 0 saturated heterocycles. The quantitative estimate of drug-likeness (QED) is 0.899. The number of rotatable bonds is 5. The van der Waals surface area contributed by atoms with Crippen LogP contribution >= 0.6 is 11.6 Å². The number of carbonyl (C=O) groups is 1. The minimum absolute atomic E-state index is 0.0580. The van der Waals surface area contributed by atoms with Gasteiger partial charge in [0, 0.05) is 17.6 Å². The van der Waals surface area contributed by atoms with Gasteiger partial charge in [0.25, 0.3) is 5.91 Å². The highest BCUT2D eigenvalue weighted by Crippen LogP contribution is 2.13. The van der Waals surface area contributed by atoms with Crippen LogP contribution in [0.15, 0.2) is 24.3 Å². The van der Waals surface area contributed by atoms with Gasteiger partial charge in [0.15, 0.2) is 6.54 Å². The number of nitriles is 1. The first kappa shape index (κ1) is 16.5. The molecule has 1 amide bonds. The van der Waals surface area contributed by atoms with E-state index in [1.165, 1.54) is 4.90 Å². The summed E-state index contributed by atoms with van der Waals surface area (Å²) in [6.07, 6.45) is 0. The lowest BCUT2D eigenvalue weighted by atomic mass is 10.1. The van der Waals surface area contributed by atoms with Crippen molar-refractivity contribution in [2.24, 2.45) is 0 Å². The molecule has 0 aliphatic rings. The van der Waals surface area contributed by atoms with Gasteiger partial charge in [0.1, 0.15) is 11.6 Å². The second-order valence-corrected chi connectivity index (χ2v) is 5.84. The largest absolute Gasteiger partial charge is 0.333 e. The van der Waals surface area contributed by atoms with Crippen LogP contribution in [0.2, 0.25) is 5.02 Å². The minimum atomic E-state index is -0.783. The Morgan fingerprint density at radius 3 is 2.50 bits per heavy atom. The number of benzene rings is 1. The molecule has 0 saturated carbocycles. The van der Waals surface area contributed by atoms with Gasteiger partial charge < -0.3 is 10.2 Å². The number of hydrogen-bond donors (Lipinski definition) is 1. The summed E-state index contributed by atoms with van der Waals surface area (Å²) in [7, 11) is 1.66. The summed E-state index contributed by atoms with van der Waals surface area (Å²) < 4.78 is 0. The molecule has 0 spiro atoms. The lowest BCUT2D eigenvalue weighted by molar-refractivity contribution is -0.683. The van der Waals surface area contributed by atoms with E-state index in [0.717, 1.165) is 5.56 Å². The summed E-state index contributed by atoms with van der Waals surface area (Å²) in [6, 6.07) is 9.88. The first-order chi connectivity index (χ1) is 9.27. The van der Waals surface area contributed by atoms with Gasteiger partial charge in [-0.1, -0.05) is 23.7 Å². The minimum Gasteiger partial charge on any atom is -0.333 e. The number of hydrogen-bond acceptors (Lipinski definition) is 2. The van der Waals surface area contributed by atoms with Crippen LogP contribution in [0.1, 0.15) is 32.4 Å². The predicted octanol–water partition coefficient (Wildman–Crippen LogP) is 1.72. The Balaban J connectivity index is 2.57. The Bertz CT molecular complexity index is 505. The van der Waals surface area contributed by atoms with Crippen molar-refractivity contribution >= 4 is 17.5 Å². The predicted molar refractivity (Wildman–Crippen MR) is 79.1 cm³/mol. The highest BCUT2D eigenvalue weighted by molar-refractivity contribution is 6.30. The molecule has 20 heavy (non-hydrogen) atoms. The van der Waals surface area contributed by atoms with Crippen molar-refractivity contribution in [2.45, 2.75) is 32.4 Å². The molecule has 0 unspecified atom stereocenters. The molecule has 0 aliphatic heterocycles. The third-order valence-electron chi connectivity index (χ3n) is 3.53. The monoisotopic (exact) mass is 294 g/mol. The van der Waals surface area contributed by atoms with E-state index in [0.29, 0.717) is 11.6 Å². The Labute approximate surface area is 125 Å². The van der Waals surface area contributed by atoms with Crippen LogP contribution in [0.3, 0.4) is 0 Å². The van der Waals surface area contributed by atoms with Gasteiger partial charge in [-0.15, -0.1) is 0 Å². The van der Waals surface area contributed by atoms with E-state index >= 15 is 0 Å². The fourth-order valence-electron chi connectivity index (χ4n) is 1.70. The lowest BCUT2D eigenvalue weighted by Gasteiger charge is -2.28. The fourth-order valence-corrected chi connectivity index (χ4v) is 1.83. The number of nitrogens with two attached hydrogens (primary N) is 1. The van der Waals surface area contributed by atoms with Crippen molar-refractivity contribution < 1.29 is 10.1 Å². The van der Waals surface area contributed by atoms with Crippen molar-refractivity contribution in [3.8, 4) is 6.07 Å². The summed E-state index contributed by atoms with van der Waals surface area (Å²) in [4.78, 5) is 13.5. The van der Waals surface area contributed by atoms with E-state index in [1.807, 2.05) is 36.5 Å². The first-order valence-corrected chi connectivity index (χ1v) is 6.92. The number of amides is 1. The van der Waals surface area contributed by atoms with Gasteiger partial charge in [-0.05, 0) is 32.9 Å². The summed E-state index contributed by atoms with van der Waals surface area (Å²) >= 11 is 5.85. The average Bonchev–Trinajstić information content (AvgIpc) is 2.44. The molecule has 1 aromatic carbocycles. The molecule has 4 nitrogen and oxygen atoms in total. The molecular weight excluding hydrogens is 274 g/mol. The zero-order valence-corrected chi connectivity index (χ0v) is 13.1. The molecule has 1 atom stereocenters. The summed E-state index contributed by atoms with van der Waals surface area (Å²) in [5, 5.41) is 11.7. The average molecular weight is 295 g/mol. The van der Waals surface area contributed by atoms with E-state index in [9.17, 15) is 4.79 Å². The fraction of sp³-hybridized carbons (Fsp3) is 0.467. The van der Waals surface area contributed by atoms with Crippen molar-refractivity contribution in [3.05, 3.63) is 34.9 Å². The van der Waals surface area contributed by atoms with Gasteiger partial charge in [0.2, 0.25) is 0 Å². The molecule has 0 fully saturated rings. The zero-order chi connectivity index (χ0) is 15.3. The van der Waals surface area contributed by atoms with E-state index in [1.54, 1.807) is 20.9 Å². The summed E-state index contributed by atoms with van der Waals surface area (Å²) in [5.74, 6) is -0.0580. The molecule has 1 rings (SSSR count). The third kappa shape index (κ3) is 4.22. The molecule has 0 heterocycles. The number of nitrogens with zero attached hydrogens (tertiary/aromatic N) is 2. The van der Waals surface area contributed by atoms with E-state index in [2.05, 4.69) is 6.07 Å². The molecule has 1 aromatic rings. The Kier molecular flexibility index (Phi) is 5.55. The van der Waals surface area contributed by atoms with Gasteiger partial charge in [-0.25, -0.2) is 0 Å². The summed E-state index contributed by atoms with van der Waals surface area (Å²) in [5.41, 5.74) is 0.332. The maximum Gasteiger partial charge on any atom is 0.278 e. The molecule has 108 valence electrons. The van der Waals surface area contributed by atoms with Crippen LogP contribution in [-0.2, 0) is 4.79 Å². The van der Waals surface area contributed by atoms with Crippen LogP contribution in [0.5, 0.6) is 0 Å². The SMILES string of the molecule is C[C@H]([NH2+]CC(=O)N(C)C(C)(C)C#N)c1ccc(Cl)cc1. The molecule has 2 N–H and O–H groups in total. The van der Waals surface area contributed by atoms with Crippen molar-refractivity contribution in [2.75, 3.05) is 13.6 Å². The third-order valence-corrected chi connectivity index (χ3v) is 3.78. The van der Waals surface area contributed by atoms with Crippen molar-refractivity contribution in [1.82, 2.24) is 4.90 Å². The van der Waals surface area contributed by atoms with Gasteiger partial charge in [-0.2, -0.15) is 5.26 Å². The highest BCUT2D eigenvalue weighted by Gasteiger charge is 2.28. The number of likely N-dealkylation sites (N-methyl/N-ethyl adjacent to an activating group) is 1. The highest BCUT2D eigenvalue weighted by atomic mass is 35.5. The normalized spacial score (nSPS) is 12.6. The van der Waals surface area contributed by atoms with Crippen LogP contribution < -0.4 is 5.32 Å². The standard InChI is InChI=1S/C15H20ClN3O/c1-11(12-5-7-13(16)8-6-12)18-9-14(20)19(4)15(2,3)10-17/h5-8,11,18H,9H2,1-4H3/p+1/t11-/m0/s1. The molecule has 5 heteroatoms. The Morgan fingerprint density at radius 1 is 1.45 bits per heavy atom. The van der Waals surface area contributed by atoms with Crippen LogP contribution in [0, 0.1) is 11.3 Å². The van der Waals surface area contributed by atoms with Gasteiger partial charge in [-0.3, -0.25) is 4.79 Å². The molecular formula is C15H21ClN3O+.